The lowest BCUT2D eigenvalue weighted by atomic mass is 9.78. The summed E-state index contributed by atoms with van der Waals surface area (Å²) < 4.78 is 17.8. The van der Waals surface area contributed by atoms with Crippen molar-refractivity contribution in [1.29, 1.82) is 0 Å². The number of hydrogen-bond donors (Lipinski definition) is 0. The molecular formula is C21H33BN2O4. The largest absolute Gasteiger partial charge is 0.496 e. The van der Waals surface area contributed by atoms with E-state index >= 15 is 0 Å². The Morgan fingerprint density at radius 1 is 1.14 bits per heavy atom. The van der Waals surface area contributed by atoms with Crippen LogP contribution in [0.5, 0.6) is 0 Å². The quantitative estimate of drug-likeness (QED) is 0.726. The molecule has 0 aromatic carbocycles. The van der Waals surface area contributed by atoms with Gasteiger partial charge in [0.05, 0.1) is 11.2 Å². The van der Waals surface area contributed by atoms with Gasteiger partial charge in [0.25, 0.3) is 0 Å². The Kier molecular flexibility index (Phi) is 5.54. The molecule has 2 aliphatic rings. The van der Waals surface area contributed by atoms with Crippen molar-refractivity contribution >= 4 is 18.7 Å². The highest BCUT2D eigenvalue weighted by atomic mass is 16.7. The molecule has 0 radical (unpaired) electrons. The molecule has 3 heterocycles. The van der Waals surface area contributed by atoms with Gasteiger partial charge in [0.2, 0.25) is 0 Å². The molecule has 0 saturated carbocycles. The number of amides is 1. The Morgan fingerprint density at radius 2 is 1.71 bits per heavy atom. The number of carbonyl (C=O) groups excluding carboxylic acids is 1. The average molecular weight is 388 g/mol. The van der Waals surface area contributed by atoms with Crippen molar-refractivity contribution in [2.45, 2.75) is 84.0 Å². The highest BCUT2D eigenvalue weighted by Gasteiger charge is 2.51. The zero-order chi connectivity index (χ0) is 20.7. The van der Waals surface area contributed by atoms with Crippen molar-refractivity contribution in [2.75, 3.05) is 13.1 Å². The molecule has 6 nitrogen and oxygen atoms in total. The number of piperidine rings is 1. The first kappa shape index (κ1) is 21.1. The van der Waals surface area contributed by atoms with Gasteiger partial charge in [0.1, 0.15) is 5.60 Å². The van der Waals surface area contributed by atoms with Gasteiger partial charge in [-0.15, -0.1) is 0 Å². The van der Waals surface area contributed by atoms with Crippen LogP contribution in [0.1, 0.15) is 72.8 Å². The normalized spacial score (nSPS) is 22.4. The Hall–Kier alpha value is -1.60. The van der Waals surface area contributed by atoms with Crippen LogP contribution in [0, 0.1) is 0 Å². The molecule has 3 rings (SSSR count). The van der Waals surface area contributed by atoms with Gasteiger partial charge >= 0.3 is 13.2 Å². The molecule has 1 amide bonds. The first-order valence-electron chi connectivity index (χ1n) is 10.2. The van der Waals surface area contributed by atoms with Gasteiger partial charge in [0.15, 0.2) is 0 Å². The van der Waals surface area contributed by atoms with Crippen LogP contribution >= 0.6 is 0 Å². The maximum atomic E-state index is 12.3. The summed E-state index contributed by atoms with van der Waals surface area (Å²) in [6.45, 7) is 15.3. The fraction of sp³-hybridized carbons (Fsp3) is 0.714. The van der Waals surface area contributed by atoms with E-state index in [0.717, 1.165) is 18.3 Å². The van der Waals surface area contributed by atoms with Crippen LogP contribution in [-0.4, -0.2) is 53.0 Å². The van der Waals surface area contributed by atoms with E-state index in [9.17, 15) is 4.79 Å². The smallest absolute Gasteiger partial charge is 0.444 e. The lowest BCUT2D eigenvalue weighted by molar-refractivity contribution is 0.00578. The number of pyridine rings is 1. The minimum Gasteiger partial charge on any atom is -0.444 e. The number of hydrogen-bond acceptors (Lipinski definition) is 5. The number of aromatic nitrogens is 1. The van der Waals surface area contributed by atoms with E-state index < -0.39 is 12.7 Å². The minimum atomic E-state index is -0.463. The third-order valence-corrected chi connectivity index (χ3v) is 5.92. The molecule has 2 aliphatic heterocycles. The van der Waals surface area contributed by atoms with Crippen LogP contribution in [-0.2, 0) is 14.0 Å². The lowest BCUT2D eigenvalue weighted by Crippen LogP contribution is -2.41. The topological polar surface area (TPSA) is 60.9 Å². The average Bonchev–Trinajstić information content (AvgIpc) is 2.81. The highest BCUT2D eigenvalue weighted by Crippen LogP contribution is 2.36. The van der Waals surface area contributed by atoms with E-state index in [0.29, 0.717) is 19.0 Å². The van der Waals surface area contributed by atoms with Crippen molar-refractivity contribution in [1.82, 2.24) is 9.88 Å². The number of ether oxygens (including phenoxy) is 1. The van der Waals surface area contributed by atoms with Crippen LogP contribution in [0.3, 0.4) is 0 Å². The van der Waals surface area contributed by atoms with Gasteiger partial charge in [-0.25, -0.2) is 4.79 Å². The minimum absolute atomic E-state index is 0.227. The van der Waals surface area contributed by atoms with Crippen LogP contribution in [0.25, 0.3) is 0 Å². The molecule has 0 N–H and O–H groups in total. The Morgan fingerprint density at radius 3 is 2.25 bits per heavy atom. The number of nitrogens with zero attached hydrogens (tertiary/aromatic N) is 2. The summed E-state index contributed by atoms with van der Waals surface area (Å²) in [5.41, 5.74) is 0.926. The predicted octanol–water partition coefficient (Wildman–Crippen LogP) is 3.50. The fourth-order valence-electron chi connectivity index (χ4n) is 3.53. The number of rotatable bonds is 2. The summed E-state index contributed by atoms with van der Waals surface area (Å²) >= 11 is 0. The molecule has 2 fully saturated rings. The van der Waals surface area contributed by atoms with E-state index in [-0.39, 0.29) is 17.3 Å². The fourth-order valence-corrected chi connectivity index (χ4v) is 3.53. The molecule has 0 spiro atoms. The molecular weight excluding hydrogens is 355 g/mol. The first-order chi connectivity index (χ1) is 12.9. The predicted molar refractivity (Wildman–Crippen MR) is 110 cm³/mol. The second-order valence-electron chi connectivity index (χ2n) is 9.88. The summed E-state index contributed by atoms with van der Waals surface area (Å²) in [5.74, 6) is 0.369. The van der Waals surface area contributed by atoms with Gasteiger partial charge in [-0.3, -0.25) is 4.98 Å². The summed E-state index contributed by atoms with van der Waals surface area (Å²) in [6, 6.07) is 2.14. The molecule has 0 atom stereocenters. The van der Waals surface area contributed by atoms with Crippen LogP contribution in [0.4, 0.5) is 4.79 Å². The monoisotopic (exact) mass is 388 g/mol. The molecule has 7 heteroatoms. The molecule has 1 aromatic rings. The van der Waals surface area contributed by atoms with Gasteiger partial charge in [-0.2, -0.15) is 0 Å². The molecule has 0 aliphatic carbocycles. The van der Waals surface area contributed by atoms with E-state index in [1.54, 1.807) is 4.90 Å². The van der Waals surface area contributed by atoms with Crippen molar-refractivity contribution in [3.63, 3.8) is 0 Å². The molecule has 28 heavy (non-hydrogen) atoms. The summed E-state index contributed by atoms with van der Waals surface area (Å²) in [4.78, 5) is 18.5. The van der Waals surface area contributed by atoms with Crippen LogP contribution in [0.2, 0.25) is 0 Å². The molecule has 154 valence electrons. The standard InChI is InChI=1S/C21H33BN2O4/c1-19(2,3)26-18(25)24-10-8-15(9-11-24)16-12-17(14-23-13-16)22-27-20(4,5)21(6,7)28-22/h12-15H,8-11H2,1-7H3. The number of likely N-dealkylation sites (tertiary alicyclic amines) is 1. The van der Waals surface area contributed by atoms with Gasteiger partial charge in [-0.1, -0.05) is 6.07 Å². The molecule has 1 aromatic heterocycles. The van der Waals surface area contributed by atoms with Crippen molar-refractivity contribution in [2.24, 2.45) is 0 Å². The van der Waals surface area contributed by atoms with E-state index in [2.05, 4.69) is 38.7 Å². The van der Waals surface area contributed by atoms with Crippen LogP contribution < -0.4 is 5.46 Å². The second kappa shape index (κ2) is 7.34. The molecule has 0 bridgehead atoms. The maximum absolute atomic E-state index is 12.3. The SMILES string of the molecule is CC(C)(C)OC(=O)N1CCC(c2cncc(B3OC(C)(C)C(C)(C)O3)c2)CC1. The highest BCUT2D eigenvalue weighted by molar-refractivity contribution is 6.62. The first-order valence-corrected chi connectivity index (χ1v) is 10.2. The lowest BCUT2D eigenvalue weighted by Gasteiger charge is -2.33. The van der Waals surface area contributed by atoms with Crippen molar-refractivity contribution in [3.05, 3.63) is 24.0 Å². The summed E-state index contributed by atoms with van der Waals surface area (Å²) in [5, 5.41) is 0. The third kappa shape index (κ3) is 4.52. The summed E-state index contributed by atoms with van der Waals surface area (Å²) in [7, 11) is -0.403. The Labute approximate surface area is 169 Å². The maximum Gasteiger partial charge on any atom is 0.496 e. The van der Waals surface area contributed by atoms with E-state index in [4.69, 9.17) is 14.0 Å². The number of carbonyl (C=O) groups is 1. The van der Waals surface area contributed by atoms with E-state index in [1.165, 1.54) is 5.56 Å². The molecule has 2 saturated heterocycles. The van der Waals surface area contributed by atoms with Gasteiger partial charge in [0, 0.05) is 30.9 Å². The zero-order valence-electron chi connectivity index (χ0n) is 18.2. The van der Waals surface area contributed by atoms with Gasteiger partial charge < -0.3 is 18.9 Å². The second-order valence-corrected chi connectivity index (χ2v) is 9.88. The van der Waals surface area contributed by atoms with Crippen molar-refractivity contribution < 1.29 is 18.8 Å². The van der Waals surface area contributed by atoms with Crippen LogP contribution in [0.15, 0.2) is 18.5 Å². The van der Waals surface area contributed by atoms with Gasteiger partial charge in [-0.05, 0) is 72.8 Å². The third-order valence-electron chi connectivity index (χ3n) is 5.92. The molecule has 0 unspecified atom stereocenters. The Bertz CT molecular complexity index is 705. The zero-order valence-corrected chi connectivity index (χ0v) is 18.2. The van der Waals surface area contributed by atoms with E-state index in [1.807, 2.05) is 33.2 Å². The Balaban J connectivity index is 1.64. The summed E-state index contributed by atoms with van der Waals surface area (Å²) in [6.07, 6.45) is 5.31. The van der Waals surface area contributed by atoms with Crippen molar-refractivity contribution in [3.8, 4) is 0 Å².